The topological polar surface area (TPSA) is 53.5 Å². The van der Waals surface area contributed by atoms with E-state index >= 15 is 0 Å². The van der Waals surface area contributed by atoms with E-state index in [1.165, 1.54) is 27.5 Å². The van der Waals surface area contributed by atoms with Crippen molar-refractivity contribution in [3.8, 4) is 62.4 Å². The highest BCUT2D eigenvalue weighted by Gasteiger charge is 2.25. The fourth-order valence-electron chi connectivity index (χ4n) is 10.7. The maximum absolute atomic E-state index is 5.59. The van der Waals surface area contributed by atoms with E-state index in [4.69, 9.17) is 15.0 Å². The van der Waals surface area contributed by atoms with E-state index < -0.39 is 0 Å². The quantitative estimate of drug-likeness (QED) is 0.160. The third-order valence-corrected chi connectivity index (χ3v) is 13.7. The number of aromatic nitrogens is 6. The molecule has 14 rings (SSSR count). The normalized spacial score (nSPS) is 11.8. The first-order valence-corrected chi connectivity index (χ1v) is 23.4. The summed E-state index contributed by atoms with van der Waals surface area (Å²) in [7, 11) is 0. The number of para-hydroxylation sites is 5. The molecule has 0 aliphatic carbocycles. The minimum atomic E-state index is 0.543. The summed E-state index contributed by atoms with van der Waals surface area (Å²) in [5, 5.41) is 6.86. The first-order chi connectivity index (χ1) is 34.3. The van der Waals surface area contributed by atoms with E-state index in [9.17, 15) is 0 Å². The lowest BCUT2D eigenvalue weighted by atomic mass is 9.94. The van der Waals surface area contributed by atoms with Crippen molar-refractivity contribution in [3.05, 3.63) is 243 Å². The van der Waals surface area contributed by atoms with Crippen LogP contribution in [0.4, 0.5) is 0 Å². The van der Waals surface area contributed by atoms with E-state index in [2.05, 4.69) is 238 Å². The molecule has 0 bridgehead atoms. The van der Waals surface area contributed by atoms with Crippen molar-refractivity contribution in [2.24, 2.45) is 0 Å². The van der Waals surface area contributed by atoms with Crippen LogP contribution in [0.25, 0.3) is 128 Å². The molecule has 0 unspecified atom stereocenters. The van der Waals surface area contributed by atoms with Crippen molar-refractivity contribution in [3.63, 3.8) is 0 Å². The highest BCUT2D eigenvalue weighted by Crippen LogP contribution is 2.43. The molecule has 0 radical (unpaired) electrons. The zero-order valence-corrected chi connectivity index (χ0v) is 37.3. The SMILES string of the molecule is c1ccc(-c2nc(-c3cccc4c5ccccc5n(-c5ccccc5)c34)nc(-n3c4ccccc4c4ccc5c6ccccc6n(-c6ccc(-c7ccccc7-c7ccccc7)cc6)c5c43)n2)cc1. The van der Waals surface area contributed by atoms with Crippen LogP contribution < -0.4 is 0 Å². The molecule has 0 N–H and O–H groups in total. The molecule has 0 aliphatic rings. The van der Waals surface area contributed by atoms with Crippen molar-refractivity contribution >= 4 is 65.4 Å². The van der Waals surface area contributed by atoms with E-state index in [0.29, 0.717) is 17.6 Å². The second-order valence-corrected chi connectivity index (χ2v) is 17.6. The van der Waals surface area contributed by atoms with Gasteiger partial charge in [0.2, 0.25) is 5.95 Å². The molecular formula is C63H40N6. The predicted octanol–water partition coefficient (Wildman–Crippen LogP) is 15.8. The molecule has 4 heterocycles. The molecule has 69 heavy (non-hydrogen) atoms. The van der Waals surface area contributed by atoms with Gasteiger partial charge in [-0.3, -0.25) is 4.57 Å². The van der Waals surface area contributed by atoms with E-state index in [1.54, 1.807) is 0 Å². The third-order valence-electron chi connectivity index (χ3n) is 13.7. The van der Waals surface area contributed by atoms with Crippen LogP contribution in [-0.4, -0.2) is 28.7 Å². The van der Waals surface area contributed by atoms with Gasteiger partial charge in [-0.1, -0.05) is 194 Å². The van der Waals surface area contributed by atoms with Gasteiger partial charge in [0.15, 0.2) is 11.6 Å². The Labute approximate surface area is 397 Å². The maximum Gasteiger partial charge on any atom is 0.238 e. The Morgan fingerprint density at radius 2 is 0.638 bits per heavy atom. The Bertz CT molecular complexity index is 4280. The lowest BCUT2D eigenvalue weighted by Gasteiger charge is -2.15. The number of rotatable bonds is 7. The summed E-state index contributed by atoms with van der Waals surface area (Å²) < 4.78 is 7.05. The van der Waals surface area contributed by atoms with Crippen LogP contribution in [0, 0.1) is 0 Å². The monoisotopic (exact) mass is 880 g/mol. The lowest BCUT2D eigenvalue weighted by molar-refractivity contribution is 0.953. The zero-order chi connectivity index (χ0) is 45.4. The van der Waals surface area contributed by atoms with Gasteiger partial charge in [0.25, 0.3) is 0 Å². The Kier molecular flexibility index (Phi) is 8.79. The van der Waals surface area contributed by atoms with Crippen LogP contribution >= 0.6 is 0 Å². The van der Waals surface area contributed by atoms with Gasteiger partial charge in [0.05, 0.1) is 33.1 Å². The number of nitrogens with zero attached hydrogens (tertiary/aromatic N) is 6. The standard InChI is InChI=1S/C63H40N6/c1-4-19-41(20-5-1)46-25-10-11-26-47(46)42-35-37-45(38-36-42)68-56-33-16-13-28-49(56)52-39-40-53-50-29-14-17-34-57(50)69(60(53)59(52)68)63-65-61(43-21-6-2-7-22-43)64-62(66-63)54-31-18-30-51-48-27-12-15-32-55(48)67(58(51)54)44-23-8-3-9-24-44/h1-40H. The van der Waals surface area contributed by atoms with Gasteiger partial charge >= 0.3 is 0 Å². The summed E-state index contributed by atoms with van der Waals surface area (Å²) in [5.41, 5.74) is 15.1. The van der Waals surface area contributed by atoms with E-state index in [0.717, 1.165) is 82.7 Å². The molecule has 0 aliphatic heterocycles. The smallest absolute Gasteiger partial charge is 0.238 e. The zero-order valence-electron chi connectivity index (χ0n) is 37.3. The molecule has 0 saturated carbocycles. The van der Waals surface area contributed by atoms with Crippen LogP contribution in [0.15, 0.2) is 243 Å². The summed E-state index contributed by atoms with van der Waals surface area (Å²) >= 11 is 0. The molecule has 10 aromatic carbocycles. The minimum absolute atomic E-state index is 0.543. The summed E-state index contributed by atoms with van der Waals surface area (Å²) in [6.07, 6.45) is 0. The molecule has 0 saturated heterocycles. The molecular weight excluding hydrogens is 841 g/mol. The van der Waals surface area contributed by atoms with Gasteiger partial charge in [-0.25, -0.2) is 4.98 Å². The number of hydrogen-bond acceptors (Lipinski definition) is 3. The summed E-state index contributed by atoms with van der Waals surface area (Å²) in [4.78, 5) is 16.4. The van der Waals surface area contributed by atoms with Crippen LogP contribution in [0.1, 0.15) is 0 Å². The van der Waals surface area contributed by atoms with Crippen molar-refractivity contribution in [2.45, 2.75) is 0 Å². The fourth-order valence-corrected chi connectivity index (χ4v) is 10.7. The Hall–Kier alpha value is -9.39. The van der Waals surface area contributed by atoms with Crippen molar-refractivity contribution in [2.75, 3.05) is 0 Å². The van der Waals surface area contributed by atoms with Gasteiger partial charge in [-0.05, 0) is 70.8 Å². The van der Waals surface area contributed by atoms with Crippen molar-refractivity contribution in [1.82, 2.24) is 28.7 Å². The Morgan fingerprint density at radius 1 is 0.232 bits per heavy atom. The van der Waals surface area contributed by atoms with Gasteiger partial charge in [0, 0.05) is 54.8 Å². The summed E-state index contributed by atoms with van der Waals surface area (Å²) in [6.45, 7) is 0. The highest BCUT2D eigenvalue weighted by atomic mass is 15.2. The van der Waals surface area contributed by atoms with Crippen molar-refractivity contribution in [1.29, 1.82) is 0 Å². The first kappa shape index (κ1) is 38.8. The maximum atomic E-state index is 5.59. The molecule has 14 aromatic rings. The van der Waals surface area contributed by atoms with Gasteiger partial charge in [0.1, 0.15) is 0 Å². The summed E-state index contributed by atoms with van der Waals surface area (Å²) in [5.74, 6) is 1.73. The second-order valence-electron chi connectivity index (χ2n) is 17.6. The lowest BCUT2D eigenvalue weighted by Crippen LogP contribution is -2.08. The number of hydrogen-bond donors (Lipinski definition) is 0. The van der Waals surface area contributed by atoms with Gasteiger partial charge in [-0.2, -0.15) is 9.97 Å². The molecule has 322 valence electrons. The molecule has 4 aromatic heterocycles. The van der Waals surface area contributed by atoms with Gasteiger partial charge < -0.3 is 9.13 Å². The second kappa shape index (κ2) is 15.6. The highest BCUT2D eigenvalue weighted by molar-refractivity contribution is 6.24. The molecule has 0 fully saturated rings. The first-order valence-electron chi connectivity index (χ1n) is 23.4. The van der Waals surface area contributed by atoms with Crippen LogP contribution in [0.5, 0.6) is 0 Å². The minimum Gasteiger partial charge on any atom is -0.309 e. The molecule has 6 heteroatoms. The Balaban J connectivity index is 1.06. The van der Waals surface area contributed by atoms with Gasteiger partial charge in [-0.15, -0.1) is 0 Å². The largest absolute Gasteiger partial charge is 0.309 e. The molecule has 0 atom stereocenters. The van der Waals surface area contributed by atoms with Crippen molar-refractivity contribution < 1.29 is 0 Å². The summed E-state index contributed by atoms with van der Waals surface area (Å²) in [6, 6.07) is 86.2. The third kappa shape index (κ3) is 6.09. The van der Waals surface area contributed by atoms with E-state index in [-0.39, 0.29) is 0 Å². The molecule has 0 amide bonds. The van der Waals surface area contributed by atoms with Crippen LogP contribution in [0.3, 0.4) is 0 Å². The Morgan fingerprint density at radius 3 is 1.25 bits per heavy atom. The molecule has 0 spiro atoms. The fraction of sp³-hybridized carbons (Fsp3) is 0. The predicted molar refractivity (Wildman–Crippen MR) is 285 cm³/mol. The average Bonchev–Trinajstić information content (AvgIpc) is 4.08. The molecule has 6 nitrogen and oxygen atoms in total. The van der Waals surface area contributed by atoms with E-state index in [1.807, 2.05) is 18.2 Å². The number of benzene rings is 10. The van der Waals surface area contributed by atoms with Crippen LogP contribution in [-0.2, 0) is 0 Å². The van der Waals surface area contributed by atoms with Crippen LogP contribution in [0.2, 0.25) is 0 Å². The average molecular weight is 881 g/mol. The number of fused-ring (bicyclic) bond motifs is 10.